The second-order valence-corrected chi connectivity index (χ2v) is 3.03. The maximum atomic E-state index is 10.4. The number of rotatable bonds is 3. The first-order chi connectivity index (χ1) is 6.11. The fraction of sp³-hybridized carbons (Fsp3) is 0.111. The van der Waals surface area contributed by atoms with E-state index in [1.807, 2.05) is 0 Å². The van der Waals surface area contributed by atoms with Gasteiger partial charge in [0.1, 0.15) is 10.6 Å². The minimum Gasteiger partial charge on any atom is -0.508 e. The second kappa shape index (κ2) is 4.00. The third-order valence-electron chi connectivity index (χ3n) is 1.58. The van der Waals surface area contributed by atoms with Gasteiger partial charge in [0.25, 0.3) is 0 Å². The zero-order chi connectivity index (χ0) is 9.84. The second-order valence-electron chi connectivity index (χ2n) is 2.53. The molecule has 1 aromatic carbocycles. The standard InChI is InChI=1S/C9H8O3S/c10-7-4-2-1-3-6(7)5-8(13)9(11)12/h1-4,10H,5H2,(H,11,12). The molecule has 0 radical (unpaired) electrons. The lowest BCUT2D eigenvalue weighted by Gasteiger charge is -2.01. The lowest BCUT2D eigenvalue weighted by Crippen LogP contribution is -2.12. The summed E-state index contributed by atoms with van der Waals surface area (Å²) in [6.45, 7) is 0. The molecule has 13 heavy (non-hydrogen) atoms. The average Bonchev–Trinajstić information content (AvgIpc) is 2.08. The Balaban J connectivity index is 2.81. The van der Waals surface area contributed by atoms with Crippen molar-refractivity contribution in [2.45, 2.75) is 6.42 Å². The van der Waals surface area contributed by atoms with Crippen molar-refractivity contribution in [1.29, 1.82) is 0 Å². The first-order valence-corrected chi connectivity index (χ1v) is 4.05. The Labute approximate surface area is 80.6 Å². The molecule has 68 valence electrons. The van der Waals surface area contributed by atoms with Gasteiger partial charge in [0.15, 0.2) is 0 Å². The molecular weight excluding hydrogens is 188 g/mol. The quantitative estimate of drug-likeness (QED) is 0.717. The molecule has 0 aliphatic carbocycles. The van der Waals surface area contributed by atoms with Crippen LogP contribution in [0.2, 0.25) is 0 Å². The summed E-state index contributed by atoms with van der Waals surface area (Å²) in [4.78, 5) is 10.3. The number of aliphatic carboxylic acids is 1. The van der Waals surface area contributed by atoms with E-state index in [-0.39, 0.29) is 17.0 Å². The number of hydrogen-bond acceptors (Lipinski definition) is 3. The van der Waals surface area contributed by atoms with E-state index in [2.05, 4.69) is 12.2 Å². The zero-order valence-corrected chi connectivity index (χ0v) is 7.54. The van der Waals surface area contributed by atoms with Crippen LogP contribution in [0.15, 0.2) is 24.3 Å². The van der Waals surface area contributed by atoms with Crippen LogP contribution >= 0.6 is 12.2 Å². The number of carboxylic acid groups (broad SMARTS) is 1. The Kier molecular flexibility index (Phi) is 2.97. The predicted octanol–water partition coefficient (Wildman–Crippen LogP) is 1.39. The average molecular weight is 196 g/mol. The number of hydrogen-bond donors (Lipinski definition) is 2. The van der Waals surface area contributed by atoms with Crippen LogP contribution in [-0.2, 0) is 11.2 Å². The van der Waals surface area contributed by atoms with Crippen LogP contribution in [0, 0.1) is 0 Å². The Hall–Kier alpha value is -1.42. The fourth-order valence-corrected chi connectivity index (χ4v) is 1.06. The lowest BCUT2D eigenvalue weighted by atomic mass is 10.1. The number of carbonyl (C=O) groups is 1. The summed E-state index contributed by atoms with van der Waals surface area (Å²) in [7, 11) is 0. The van der Waals surface area contributed by atoms with Crippen LogP contribution in [0.1, 0.15) is 5.56 Å². The molecule has 0 aliphatic heterocycles. The smallest absolute Gasteiger partial charge is 0.342 e. The minimum absolute atomic E-state index is 0.0751. The predicted molar refractivity (Wildman–Crippen MR) is 52.0 cm³/mol. The summed E-state index contributed by atoms with van der Waals surface area (Å²) >= 11 is 4.61. The summed E-state index contributed by atoms with van der Waals surface area (Å²) in [5.74, 6) is -1.04. The highest BCUT2D eigenvalue weighted by molar-refractivity contribution is 7.82. The van der Waals surface area contributed by atoms with Gasteiger partial charge in [-0.1, -0.05) is 30.4 Å². The van der Waals surface area contributed by atoms with E-state index in [0.717, 1.165) is 0 Å². The summed E-state index contributed by atoms with van der Waals surface area (Å²) in [5.41, 5.74) is 0.537. The van der Waals surface area contributed by atoms with Crippen LogP contribution in [0.25, 0.3) is 0 Å². The number of carboxylic acids is 1. The van der Waals surface area contributed by atoms with Crippen LogP contribution in [0.5, 0.6) is 5.75 Å². The van der Waals surface area contributed by atoms with Crippen molar-refractivity contribution >= 4 is 23.1 Å². The third-order valence-corrected chi connectivity index (χ3v) is 1.90. The van der Waals surface area contributed by atoms with Crippen molar-refractivity contribution in [3.63, 3.8) is 0 Å². The molecule has 0 aromatic heterocycles. The molecule has 0 saturated carbocycles. The number of para-hydroxylation sites is 1. The number of phenolic OH excluding ortho intramolecular Hbond substituents is 1. The minimum atomic E-state index is -1.11. The van der Waals surface area contributed by atoms with Gasteiger partial charge in [-0.05, 0) is 11.6 Å². The molecule has 1 rings (SSSR count). The van der Waals surface area contributed by atoms with Crippen molar-refractivity contribution < 1.29 is 15.0 Å². The molecule has 1 aromatic rings. The molecule has 0 fully saturated rings. The lowest BCUT2D eigenvalue weighted by molar-refractivity contribution is -0.129. The van der Waals surface area contributed by atoms with E-state index in [1.54, 1.807) is 18.2 Å². The van der Waals surface area contributed by atoms with Crippen molar-refractivity contribution in [3.05, 3.63) is 29.8 Å². The van der Waals surface area contributed by atoms with E-state index < -0.39 is 5.97 Å². The molecule has 0 bridgehead atoms. The third kappa shape index (κ3) is 2.52. The van der Waals surface area contributed by atoms with Crippen LogP contribution in [0.3, 0.4) is 0 Å². The SMILES string of the molecule is O=C(O)C(=S)Cc1ccccc1O. The highest BCUT2D eigenvalue weighted by atomic mass is 32.1. The Bertz CT molecular complexity index is 346. The highest BCUT2D eigenvalue weighted by Crippen LogP contribution is 2.16. The molecule has 2 N–H and O–H groups in total. The molecule has 0 saturated heterocycles. The van der Waals surface area contributed by atoms with Gasteiger partial charge in [0.2, 0.25) is 0 Å². The van der Waals surface area contributed by atoms with E-state index in [0.29, 0.717) is 5.56 Å². The summed E-state index contributed by atoms with van der Waals surface area (Å²) in [5, 5.41) is 17.8. The summed E-state index contributed by atoms with van der Waals surface area (Å²) in [6, 6.07) is 6.53. The maximum Gasteiger partial charge on any atom is 0.342 e. The number of benzene rings is 1. The van der Waals surface area contributed by atoms with E-state index in [1.165, 1.54) is 6.07 Å². The Morgan fingerprint density at radius 2 is 2.00 bits per heavy atom. The summed E-state index contributed by atoms with van der Waals surface area (Å²) < 4.78 is 0. The zero-order valence-electron chi connectivity index (χ0n) is 6.73. The van der Waals surface area contributed by atoms with Crippen molar-refractivity contribution in [1.82, 2.24) is 0 Å². The molecule has 4 heteroatoms. The largest absolute Gasteiger partial charge is 0.508 e. The molecule has 0 atom stereocenters. The number of phenols is 1. The van der Waals surface area contributed by atoms with Gasteiger partial charge in [-0.2, -0.15) is 0 Å². The summed E-state index contributed by atoms with van der Waals surface area (Å²) in [6.07, 6.45) is 0.0946. The van der Waals surface area contributed by atoms with Crippen LogP contribution in [0.4, 0.5) is 0 Å². The fourth-order valence-electron chi connectivity index (χ4n) is 0.909. The molecular formula is C9H8O3S. The van der Waals surface area contributed by atoms with Gasteiger partial charge in [-0.15, -0.1) is 0 Å². The van der Waals surface area contributed by atoms with Crippen LogP contribution < -0.4 is 0 Å². The van der Waals surface area contributed by atoms with Gasteiger partial charge in [0, 0.05) is 6.42 Å². The van der Waals surface area contributed by atoms with Gasteiger partial charge in [-0.25, -0.2) is 4.79 Å². The van der Waals surface area contributed by atoms with Crippen LogP contribution in [-0.4, -0.2) is 21.0 Å². The molecule has 0 unspecified atom stereocenters. The normalized spacial score (nSPS) is 9.54. The molecule has 0 amide bonds. The Morgan fingerprint density at radius 3 is 2.54 bits per heavy atom. The highest BCUT2D eigenvalue weighted by Gasteiger charge is 2.09. The van der Waals surface area contributed by atoms with Gasteiger partial charge in [0.05, 0.1) is 0 Å². The van der Waals surface area contributed by atoms with Crippen molar-refractivity contribution in [2.24, 2.45) is 0 Å². The monoisotopic (exact) mass is 196 g/mol. The van der Waals surface area contributed by atoms with Gasteiger partial charge in [-0.3, -0.25) is 0 Å². The van der Waals surface area contributed by atoms with E-state index >= 15 is 0 Å². The molecule has 0 heterocycles. The topological polar surface area (TPSA) is 57.5 Å². The van der Waals surface area contributed by atoms with Crippen molar-refractivity contribution in [2.75, 3.05) is 0 Å². The number of thiocarbonyl (C=S) groups is 1. The molecule has 0 spiro atoms. The molecule has 3 nitrogen and oxygen atoms in total. The van der Waals surface area contributed by atoms with Gasteiger partial charge < -0.3 is 10.2 Å². The molecule has 0 aliphatic rings. The Morgan fingerprint density at radius 1 is 1.38 bits per heavy atom. The maximum absolute atomic E-state index is 10.4. The number of aromatic hydroxyl groups is 1. The van der Waals surface area contributed by atoms with Crippen molar-refractivity contribution in [3.8, 4) is 5.75 Å². The van der Waals surface area contributed by atoms with Gasteiger partial charge >= 0.3 is 5.97 Å². The van der Waals surface area contributed by atoms with E-state index in [9.17, 15) is 9.90 Å². The van der Waals surface area contributed by atoms with E-state index in [4.69, 9.17) is 5.11 Å². The first-order valence-electron chi connectivity index (χ1n) is 3.64. The first kappa shape index (κ1) is 9.67.